The fourth-order valence-corrected chi connectivity index (χ4v) is 12.0. The molecule has 1 aliphatic heterocycles. The van der Waals surface area contributed by atoms with E-state index in [2.05, 4.69) is 10.3 Å². The molecule has 1 amide bonds. The van der Waals surface area contributed by atoms with Gasteiger partial charge >= 0.3 is 6.15 Å². The number of hydrogen-bond acceptors (Lipinski definition) is 14. The van der Waals surface area contributed by atoms with E-state index in [9.17, 15) is 39.0 Å². The lowest BCUT2D eigenvalue weighted by molar-refractivity contribution is -0.231. The van der Waals surface area contributed by atoms with Crippen molar-refractivity contribution in [3.05, 3.63) is 88.8 Å². The number of benzene rings is 1. The quantitative estimate of drug-likeness (QED) is 0.154. The Hall–Kier alpha value is -4.83. The first-order valence-corrected chi connectivity index (χ1v) is 24.7. The van der Waals surface area contributed by atoms with Crippen molar-refractivity contribution in [1.29, 1.82) is 0 Å². The number of pyridine rings is 1. The zero-order valence-electron chi connectivity index (χ0n) is 39.6. The number of rotatable bonds is 19. The number of ether oxygens (including phenoxy) is 2. The molecule has 0 spiro atoms. The number of halogens is 1. The maximum absolute atomic E-state index is 17.7. The summed E-state index contributed by atoms with van der Waals surface area (Å²) in [5, 5.41) is 24.8. The molecule has 0 radical (unpaired) electrons. The van der Waals surface area contributed by atoms with E-state index in [0.717, 1.165) is 16.8 Å². The number of aliphatic hydroxyl groups is 2. The molecule has 5 aliphatic rings. The van der Waals surface area contributed by atoms with Gasteiger partial charge in [-0.1, -0.05) is 55.8 Å². The Morgan fingerprint density at radius 1 is 0.985 bits per heavy atom. The fourth-order valence-electron chi connectivity index (χ4n) is 11.7. The summed E-state index contributed by atoms with van der Waals surface area (Å²) < 4.78 is 30.9. The van der Waals surface area contributed by atoms with Gasteiger partial charge in [-0.2, -0.15) is 21.4 Å². The van der Waals surface area contributed by atoms with E-state index in [1.165, 1.54) is 23.9 Å². The van der Waals surface area contributed by atoms with E-state index in [4.69, 9.17) is 19.1 Å². The summed E-state index contributed by atoms with van der Waals surface area (Å²) in [6, 6.07) is 10.7. The number of fused-ring (bicyclic) bond motifs is 7. The van der Waals surface area contributed by atoms with Gasteiger partial charge in [-0.25, -0.2) is 4.39 Å². The number of aliphatic hydroxyl groups excluding tert-OH is 2. The van der Waals surface area contributed by atoms with E-state index in [0.29, 0.717) is 56.1 Å². The topological polar surface area (TPSA) is 220 Å². The van der Waals surface area contributed by atoms with Gasteiger partial charge in [-0.3, -0.25) is 33.8 Å². The van der Waals surface area contributed by atoms with Crippen LogP contribution in [0, 0.1) is 28.6 Å². The highest BCUT2D eigenvalue weighted by Gasteiger charge is 2.79. The number of alkyl halides is 1. The highest BCUT2D eigenvalue weighted by atomic mass is 32.2. The molecule has 2 aromatic rings. The minimum Gasteiger partial charge on any atom is -0.390 e. The lowest BCUT2D eigenvalue weighted by Crippen LogP contribution is -2.69. The number of aryl methyl sites for hydroxylation is 2. The highest BCUT2D eigenvalue weighted by Crippen LogP contribution is 2.72. The summed E-state index contributed by atoms with van der Waals surface area (Å²) in [5.41, 5.74) is -2.02. The molecule has 16 heteroatoms. The molecule has 1 saturated heterocycles. The first kappa shape index (κ1) is 52.5. The zero-order chi connectivity index (χ0) is 49.8. The molecule has 14 nitrogen and oxygen atoms in total. The van der Waals surface area contributed by atoms with Gasteiger partial charge in [0.25, 0.3) is 0 Å². The van der Waals surface area contributed by atoms with Crippen molar-refractivity contribution in [2.45, 2.75) is 146 Å². The number of allylic oxidation sites excluding steroid dienone is 4. The largest absolute Gasteiger partial charge is 0.390 e. The van der Waals surface area contributed by atoms with Gasteiger partial charge in [-0.15, -0.1) is 0 Å². The molecule has 2 heterocycles. The number of carbonyl (C=O) groups is 6. The van der Waals surface area contributed by atoms with Crippen LogP contribution in [-0.4, -0.2) is 104 Å². The lowest BCUT2D eigenvalue weighted by Gasteiger charge is -2.62. The van der Waals surface area contributed by atoms with Crippen LogP contribution in [0.1, 0.15) is 115 Å². The first-order chi connectivity index (χ1) is 32.2. The maximum atomic E-state index is 17.7. The second-order valence-corrected chi connectivity index (χ2v) is 20.8. The van der Waals surface area contributed by atoms with Crippen LogP contribution in [0.15, 0.2) is 66.4 Å². The van der Waals surface area contributed by atoms with Gasteiger partial charge in [0.1, 0.15) is 18.2 Å². The molecule has 1 aromatic carbocycles. The lowest BCUT2D eigenvalue weighted by atomic mass is 9.44. The van der Waals surface area contributed by atoms with E-state index in [-0.39, 0.29) is 66.1 Å². The molecule has 4 aliphatic carbocycles. The van der Waals surface area contributed by atoms with Gasteiger partial charge in [0.15, 0.2) is 34.9 Å². The summed E-state index contributed by atoms with van der Waals surface area (Å²) in [5.74, 6) is -2.87. The first-order valence-electron chi connectivity index (χ1n) is 23.4. The third kappa shape index (κ3) is 9.95. The third-order valence-electron chi connectivity index (χ3n) is 15.6. The van der Waals surface area contributed by atoms with Gasteiger partial charge in [-0.05, 0) is 107 Å². The number of nitrogens with zero attached hydrogens (tertiary/aromatic N) is 1. The molecule has 1 aromatic heterocycles. The van der Waals surface area contributed by atoms with Crippen molar-refractivity contribution < 1.29 is 62.4 Å². The number of ketones is 5. The summed E-state index contributed by atoms with van der Waals surface area (Å²) >= 11 is 1.48. The van der Waals surface area contributed by atoms with Crippen molar-refractivity contribution in [1.82, 2.24) is 10.3 Å². The number of thioether (sulfide) groups is 1. The second-order valence-electron chi connectivity index (χ2n) is 19.6. The second kappa shape index (κ2) is 21.4. The molecule has 68 heavy (non-hydrogen) atoms. The van der Waals surface area contributed by atoms with Crippen molar-refractivity contribution in [2.75, 3.05) is 12.9 Å². The van der Waals surface area contributed by atoms with Crippen LogP contribution in [0.4, 0.5) is 4.39 Å². The Kier molecular flexibility index (Phi) is 16.6. The average Bonchev–Trinajstić information content (AvgIpc) is 3.82. The van der Waals surface area contributed by atoms with Crippen LogP contribution in [0.5, 0.6) is 0 Å². The predicted octanol–water partition coefficient (Wildman–Crippen LogP) is 5.68. The molecule has 0 bridgehead atoms. The molecule has 1 unspecified atom stereocenters. The standard InChI is InChI=1S/C51H63FN2O10S.CO2/c1-29(22-37(56)8-7-9-41(58)31(3)65-6)46(62)54-30(2)42(59)23-33-12-10-32(11-13-33)14-17-36-18-15-34(27-53-36)47-63-45-25-40-39-19-16-35-24-38(57)20-21-48(35,4)50(39,52)43(60)26-49(40,5)51(45,64-47)44(61)28-55;2-1-3/h10-13,15,18,20-21,24,27,29-31,39-40,43,45,47,55,60H,7-9,14,16-17,19,22-23,25-26,28H2,1-6H3,(H,54,62);/t29-,30+,31?,39+,40+,43+,45-,47-,48+,49+,50+,51-;/m1./s1. The number of aromatic nitrogens is 1. The highest BCUT2D eigenvalue weighted by molar-refractivity contribution is 7.99. The molecule has 3 saturated carbocycles. The Morgan fingerprint density at radius 3 is 2.32 bits per heavy atom. The summed E-state index contributed by atoms with van der Waals surface area (Å²) in [6.45, 7) is 7.96. The van der Waals surface area contributed by atoms with E-state index in [1.54, 1.807) is 33.0 Å². The maximum Gasteiger partial charge on any atom is 0.373 e. The minimum absolute atomic E-state index is 0.0548. The Balaban J connectivity index is 0.00000247. The number of amides is 1. The van der Waals surface area contributed by atoms with Gasteiger partial charge in [0, 0.05) is 65.8 Å². The van der Waals surface area contributed by atoms with Crippen molar-refractivity contribution in [2.24, 2.45) is 28.6 Å². The van der Waals surface area contributed by atoms with Crippen molar-refractivity contribution in [3.8, 4) is 0 Å². The smallest absolute Gasteiger partial charge is 0.373 e. The molecular weight excluding hydrogens is 896 g/mol. The predicted molar refractivity (Wildman–Crippen MR) is 247 cm³/mol. The normalized spacial score (nSPS) is 31.2. The van der Waals surface area contributed by atoms with Crippen LogP contribution in [0.25, 0.3) is 0 Å². The summed E-state index contributed by atoms with van der Waals surface area (Å²) in [7, 11) is 0. The van der Waals surface area contributed by atoms with Crippen LogP contribution in [0.2, 0.25) is 0 Å². The molecule has 4 fully saturated rings. The van der Waals surface area contributed by atoms with Crippen LogP contribution in [-0.2, 0) is 67.1 Å². The van der Waals surface area contributed by atoms with Gasteiger partial charge in [0.05, 0.1) is 23.5 Å². The Morgan fingerprint density at radius 2 is 1.68 bits per heavy atom. The molecule has 12 atom stereocenters. The molecule has 7 rings (SSSR count). The number of carbonyl (C=O) groups excluding carboxylic acids is 8. The van der Waals surface area contributed by atoms with E-state index < -0.39 is 76.8 Å². The fraction of sp³-hybridized carbons (Fsp3) is 0.577. The van der Waals surface area contributed by atoms with Crippen LogP contribution >= 0.6 is 11.8 Å². The minimum atomic E-state index is -2.08. The zero-order valence-corrected chi connectivity index (χ0v) is 40.4. The van der Waals surface area contributed by atoms with Crippen LogP contribution in [0.3, 0.4) is 0 Å². The van der Waals surface area contributed by atoms with Crippen molar-refractivity contribution >= 4 is 52.7 Å². The Labute approximate surface area is 400 Å². The number of nitrogens with one attached hydrogen (secondary N) is 1. The number of hydrogen-bond donors (Lipinski definition) is 3. The SMILES string of the molecule is CSC(C)C(=O)CCCC(=O)C[C@@H](C)C(=O)N[C@@H](C)C(=O)Cc1ccc(CCc2ccc([C@@H]3O[C@@H]4C[C@H]5[C@@H]6CCC7=CC(=O)C=C[C@]7(C)[C@@]6(F)[C@@H](O)C[C@]5(C)[C@]4(C(=O)CO)O3)cn2)cc1.O=C=O. The van der Waals surface area contributed by atoms with E-state index in [1.807, 2.05) is 56.5 Å². The summed E-state index contributed by atoms with van der Waals surface area (Å²) in [4.78, 5) is 97.4. The molecule has 3 N–H and O–H groups in total. The van der Waals surface area contributed by atoms with E-state index >= 15 is 4.39 Å². The Bertz CT molecular complexity index is 2350. The summed E-state index contributed by atoms with van der Waals surface area (Å²) in [6.07, 6.45) is 8.63. The monoisotopic (exact) mass is 958 g/mol. The van der Waals surface area contributed by atoms with Crippen molar-refractivity contribution in [3.63, 3.8) is 0 Å². The molecule has 366 valence electrons. The average molecular weight is 959 g/mol. The number of Topliss-reactive ketones (excluding diaryl/α,β-unsaturated/α-hetero) is 4. The van der Waals surface area contributed by atoms with Gasteiger partial charge < -0.3 is 25.0 Å². The molecular formula is C52H63FN2O12S. The van der Waals surface area contributed by atoms with Crippen LogP contribution < -0.4 is 5.32 Å². The third-order valence-corrected chi connectivity index (χ3v) is 16.6. The van der Waals surface area contributed by atoms with Gasteiger partial charge in [0.2, 0.25) is 5.91 Å².